The maximum absolute atomic E-state index is 12.8. The minimum Gasteiger partial charge on any atom is -0.467 e. The maximum Gasteiger partial charge on any atom is 0.340 e. The van der Waals surface area contributed by atoms with Crippen LogP contribution in [-0.4, -0.2) is 17.1 Å². The van der Waals surface area contributed by atoms with Crippen LogP contribution in [0.5, 0.6) is 5.75 Å². The van der Waals surface area contributed by atoms with Gasteiger partial charge in [0.25, 0.3) is 0 Å². The first-order valence-corrected chi connectivity index (χ1v) is 13.0. The van der Waals surface area contributed by atoms with E-state index in [4.69, 9.17) is 9.26 Å². The Bertz CT molecular complexity index is 937. The number of nitrogens with zero attached hydrogens (tertiary/aromatic N) is 1. The fraction of sp³-hybridized carbons (Fsp3) is 0.286. The van der Waals surface area contributed by atoms with Crippen LogP contribution in [-0.2, 0) is 11.3 Å². The first-order chi connectivity index (χ1) is 13.1. The second kappa shape index (κ2) is 9.07. The largest absolute Gasteiger partial charge is 0.467 e. The standard InChI is InChI=1S/C21H23INO3P/c1-4-25-21(24)19-17-12-16(26-27-22)10-11-18(17)23(20(19)14(2)3)13-15-8-6-5-7-9-15/h5-12,14,27H,4,13H2,1-3H3. The van der Waals surface area contributed by atoms with Crippen LogP contribution >= 0.6 is 28.5 Å². The SMILES string of the molecule is CCOC(=O)c1c(C(C)C)n(Cc2ccccc2)c2ccc(OPI)cc12. The van der Waals surface area contributed by atoms with E-state index >= 15 is 0 Å². The summed E-state index contributed by atoms with van der Waals surface area (Å²) in [6.07, 6.45) is 0. The molecule has 4 nitrogen and oxygen atoms in total. The molecule has 2 aromatic carbocycles. The molecule has 0 aliphatic carbocycles. The van der Waals surface area contributed by atoms with Crippen molar-refractivity contribution in [2.45, 2.75) is 33.2 Å². The van der Waals surface area contributed by atoms with Gasteiger partial charge in [-0.3, -0.25) is 0 Å². The number of rotatable bonds is 7. The molecule has 0 amide bonds. The molecular formula is C21H23INO3P. The van der Waals surface area contributed by atoms with E-state index in [-0.39, 0.29) is 11.9 Å². The lowest BCUT2D eigenvalue weighted by Gasteiger charge is -2.15. The van der Waals surface area contributed by atoms with Crippen LogP contribution in [0.4, 0.5) is 0 Å². The summed E-state index contributed by atoms with van der Waals surface area (Å²) in [7, 11) is 0. The molecule has 0 saturated carbocycles. The fourth-order valence-electron chi connectivity index (χ4n) is 3.42. The van der Waals surface area contributed by atoms with Crippen molar-refractivity contribution in [3.05, 3.63) is 65.4 Å². The second-order valence-electron chi connectivity index (χ2n) is 6.57. The van der Waals surface area contributed by atoms with Gasteiger partial charge in [0.1, 0.15) is 12.2 Å². The van der Waals surface area contributed by atoms with Crippen molar-refractivity contribution >= 4 is 45.4 Å². The number of halogens is 1. The van der Waals surface area contributed by atoms with E-state index in [9.17, 15) is 4.79 Å². The van der Waals surface area contributed by atoms with Crippen molar-refractivity contribution in [1.29, 1.82) is 0 Å². The third kappa shape index (κ3) is 4.30. The molecule has 142 valence electrons. The average molecular weight is 495 g/mol. The van der Waals surface area contributed by atoms with Crippen molar-refractivity contribution in [3.8, 4) is 5.75 Å². The van der Waals surface area contributed by atoms with Crippen molar-refractivity contribution in [2.75, 3.05) is 6.61 Å². The van der Waals surface area contributed by atoms with E-state index in [1.807, 2.05) is 43.3 Å². The summed E-state index contributed by atoms with van der Waals surface area (Å²) < 4.78 is 13.3. The van der Waals surface area contributed by atoms with Crippen molar-refractivity contribution in [1.82, 2.24) is 4.57 Å². The van der Waals surface area contributed by atoms with Crippen molar-refractivity contribution in [3.63, 3.8) is 0 Å². The van der Waals surface area contributed by atoms with Gasteiger partial charge in [-0.25, -0.2) is 4.79 Å². The Hall–Kier alpha value is -1.59. The van der Waals surface area contributed by atoms with E-state index in [1.54, 1.807) is 0 Å². The summed E-state index contributed by atoms with van der Waals surface area (Å²) in [5.74, 6) is 0.677. The molecule has 1 heterocycles. The fourth-order valence-corrected chi connectivity index (χ4v) is 4.39. The summed E-state index contributed by atoms with van der Waals surface area (Å²) in [4.78, 5) is 12.8. The zero-order valence-electron chi connectivity index (χ0n) is 15.7. The Morgan fingerprint density at radius 1 is 1.19 bits per heavy atom. The van der Waals surface area contributed by atoms with Gasteiger partial charge in [-0.15, -0.1) is 0 Å². The van der Waals surface area contributed by atoms with E-state index in [2.05, 4.69) is 52.6 Å². The Balaban J connectivity index is 2.25. The predicted octanol–water partition coefficient (Wildman–Crippen LogP) is 6.31. The highest BCUT2D eigenvalue weighted by Crippen LogP contribution is 2.36. The Morgan fingerprint density at radius 3 is 2.56 bits per heavy atom. The first-order valence-electron chi connectivity index (χ1n) is 8.96. The van der Waals surface area contributed by atoms with E-state index < -0.39 is 0 Å². The van der Waals surface area contributed by atoms with Gasteiger partial charge < -0.3 is 13.8 Å². The van der Waals surface area contributed by atoms with Crippen LogP contribution in [0.15, 0.2) is 48.5 Å². The minimum absolute atomic E-state index is 0.177. The molecule has 0 aliphatic heterocycles. The van der Waals surface area contributed by atoms with Crippen molar-refractivity contribution < 1.29 is 14.1 Å². The lowest BCUT2D eigenvalue weighted by atomic mass is 10.0. The van der Waals surface area contributed by atoms with Crippen LogP contribution < -0.4 is 4.52 Å². The zero-order chi connectivity index (χ0) is 19.4. The monoisotopic (exact) mass is 495 g/mol. The van der Waals surface area contributed by atoms with Crippen LogP contribution in [0.2, 0.25) is 0 Å². The molecule has 6 heteroatoms. The number of hydrogen-bond acceptors (Lipinski definition) is 3. The third-order valence-electron chi connectivity index (χ3n) is 4.44. The molecular weight excluding hydrogens is 472 g/mol. The summed E-state index contributed by atoms with van der Waals surface area (Å²) in [5, 5.41) is 0.889. The summed E-state index contributed by atoms with van der Waals surface area (Å²) in [6, 6.07) is 16.3. The smallest absolute Gasteiger partial charge is 0.340 e. The molecule has 27 heavy (non-hydrogen) atoms. The molecule has 0 radical (unpaired) electrons. The molecule has 1 atom stereocenters. The van der Waals surface area contributed by atoms with Gasteiger partial charge in [0, 0.05) is 23.1 Å². The lowest BCUT2D eigenvalue weighted by Crippen LogP contribution is -2.12. The Morgan fingerprint density at radius 2 is 1.93 bits per heavy atom. The van der Waals surface area contributed by atoms with Gasteiger partial charge in [-0.2, -0.15) is 0 Å². The van der Waals surface area contributed by atoms with Crippen LogP contribution in [0.1, 0.15) is 48.3 Å². The first kappa shape index (κ1) is 20.2. The number of aromatic nitrogens is 1. The number of carbonyl (C=O) groups excluding carboxylic acids is 1. The van der Waals surface area contributed by atoms with E-state index in [0.717, 1.165) is 22.3 Å². The van der Waals surface area contributed by atoms with Crippen LogP contribution in [0.3, 0.4) is 0 Å². The van der Waals surface area contributed by atoms with Gasteiger partial charge in [0.05, 0.1) is 12.2 Å². The number of esters is 1. The number of fused-ring (bicyclic) bond motifs is 1. The van der Waals surface area contributed by atoms with Crippen LogP contribution in [0.25, 0.3) is 10.9 Å². The molecule has 0 N–H and O–H groups in total. The molecule has 0 bridgehead atoms. The van der Waals surface area contributed by atoms with Gasteiger partial charge in [0.15, 0.2) is 0 Å². The highest BCUT2D eigenvalue weighted by molar-refractivity contribution is 14.2. The van der Waals surface area contributed by atoms with Crippen molar-refractivity contribution in [2.24, 2.45) is 0 Å². The highest BCUT2D eigenvalue weighted by atomic mass is 127. The number of hydrogen-bond donors (Lipinski definition) is 0. The maximum atomic E-state index is 12.8. The summed E-state index contributed by atoms with van der Waals surface area (Å²) >= 11 is 2.20. The topological polar surface area (TPSA) is 40.5 Å². The molecule has 3 rings (SSSR count). The van der Waals surface area contributed by atoms with Gasteiger partial charge in [-0.05, 0) is 58.6 Å². The summed E-state index contributed by atoms with van der Waals surface area (Å²) in [5.41, 5.74) is 3.87. The molecule has 3 aromatic rings. The van der Waals surface area contributed by atoms with Gasteiger partial charge in [-0.1, -0.05) is 44.2 Å². The predicted molar refractivity (Wildman–Crippen MR) is 120 cm³/mol. The highest BCUT2D eigenvalue weighted by Gasteiger charge is 2.26. The Labute approximate surface area is 174 Å². The van der Waals surface area contributed by atoms with Gasteiger partial charge >= 0.3 is 5.97 Å². The molecule has 0 saturated heterocycles. The minimum atomic E-state index is -0.271. The van der Waals surface area contributed by atoms with E-state index in [1.165, 1.54) is 5.56 Å². The Kier molecular flexibility index (Phi) is 6.77. The quantitative estimate of drug-likeness (QED) is 0.219. The zero-order valence-corrected chi connectivity index (χ0v) is 18.8. The lowest BCUT2D eigenvalue weighted by molar-refractivity contribution is 0.0526. The molecule has 0 aliphatic rings. The second-order valence-corrected chi connectivity index (χ2v) is 8.24. The number of benzene rings is 2. The normalized spacial score (nSPS) is 11.6. The average Bonchev–Trinajstić information content (AvgIpc) is 2.97. The van der Waals surface area contributed by atoms with Gasteiger partial charge in [0.2, 0.25) is 0 Å². The molecule has 1 unspecified atom stereocenters. The van der Waals surface area contributed by atoms with E-state index in [0.29, 0.717) is 25.2 Å². The number of ether oxygens (including phenoxy) is 1. The van der Waals surface area contributed by atoms with Crippen LogP contribution in [0, 0.1) is 0 Å². The summed E-state index contributed by atoms with van der Waals surface area (Å²) in [6.45, 7) is 7.44. The number of carbonyl (C=O) groups is 1. The third-order valence-corrected chi connectivity index (χ3v) is 5.41. The molecule has 0 spiro atoms. The molecule has 0 fully saturated rings. The molecule has 1 aromatic heterocycles.